The van der Waals surface area contributed by atoms with Crippen molar-refractivity contribution in [3.63, 3.8) is 0 Å². The number of benzene rings is 1. The summed E-state index contributed by atoms with van der Waals surface area (Å²) in [5.74, 6) is -0.459. The Balaban J connectivity index is 2.14. The number of hydrogen-bond acceptors (Lipinski definition) is 3. The van der Waals surface area contributed by atoms with E-state index in [1.54, 1.807) is 12.3 Å². The topological polar surface area (TPSA) is 44.1 Å². The van der Waals surface area contributed by atoms with Gasteiger partial charge < -0.3 is 4.74 Å². The molecule has 0 radical (unpaired) electrons. The average Bonchev–Trinajstić information content (AvgIpc) is 2.82. The van der Waals surface area contributed by atoms with Crippen LogP contribution in [0.1, 0.15) is 10.4 Å². The third kappa shape index (κ3) is 2.50. The van der Waals surface area contributed by atoms with Crippen molar-refractivity contribution in [1.29, 1.82) is 0 Å². The van der Waals surface area contributed by atoms with Crippen LogP contribution >= 0.6 is 0 Å². The van der Waals surface area contributed by atoms with E-state index in [0.29, 0.717) is 5.56 Å². The van der Waals surface area contributed by atoms with Gasteiger partial charge in [0.25, 0.3) is 0 Å². The number of imidazole rings is 1. The Kier molecular flexibility index (Phi) is 3.18. The lowest BCUT2D eigenvalue weighted by Gasteiger charge is -2.05. The van der Waals surface area contributed by atoms with Gasteiger partial charge in [0.15, 0.2) is 11.6 Å². The first-order valence-corrected chi connectivity index (χ1v) is 5.04. The summed E-state index contributed by atoms with van der Waals surface area (Å²) in [6.45, 7) is 0. The molecule has 0 saturated heterocycles. The smallest absolute Gasteiger partial charge is 0.236 e. The van der Waals surface area contributed by atoms with Crippen molar-refractivity contribution in [3.8, 4) is 5.75 Å². The van der Waals surface area contributed by atoms with Gasteiger partial charge in [-0.3, -0.25) is 9.36 Å². The zero-order chi connectivity index (χ0) is 12.3. The van der Waals surface area contributed by atoms with E-state index in [9.17, 15) is 9.18 Å². The molecule has 88 valence electrons. The molecule has 0 atom stereocenters. The normalized spacial score (nSPS) is 10.2. The zero-order valence-electron chi connectivity index (χ0n) is 9.26. The van der Waals surface area contributed by atoms with Gasteiger partial charge in [0.2, 0.25) is 5.91 Å². The minimum atomic E-state index is -0.469. The lowest BCUT2D eigenvalue weighted by molar-refractivity contribution is 0.0914. The van der Waals surface area contributed by atoms with Crippen molar-refractivity contribution in [2.45, 2.75) is 6.42 Å². The summed E-state index contributed by atoms with van der Waals surface area (Å²) in [5, 5.41) is 0. The first-order chi connectivity index (χ1) is 8.20. The molecular formula is C12H11FN2O2. The second-order valence-corrected chi connectivity index (χ2v) is 3.51. The second-order valence-electron chi connectivity index (χ2n) is 3.51. The third-order valence-electron chi connectivity index (χ3n) is 2.36. The Hall–Kier alpha value is -2.17. The summed E-state index contributed by atoms with van der Waals surface area (Å²) >= 11 is 0. The molecule has 17 heavy (non-hydrogen) atoms. The molecule has 0 N–H and O–H groups in total. The van der Waals surface area contributed by atoms with Crippen LogP contribution in [0.2, 0.25) is 0 Å². The number of ether oxygens (including phenoxy) is 1. The lowest BCUT2D eigenvalue weighted by Crippen LogP contribution is -2.11. The maximum Gasteiger partial charge on any atom is 0.236 e. The monoisotopic (exact) mass is 234 g/mol. The highest BCUT2D eigenvalue weighted by Gasteiger charge is 2.08. The summed E-state index contributed by atoms with van der Waals surface area (Å²) in [5.41, 5.74) is 0.599. The summed E-state index contributed by atoms with van der Waals surface area (Å²) in [6, 6.07) is 4.47. The quantitative estimate of drug-likeness (QED) is 0.814. The van der Waals surface area contributed by atoms with Gasteiger partial charge >= 0.3 is 0 Å². The fourth-order valence-electron chi connectivity index (χ4n) is 1.49. The van der Waals surface area contributed by atoms with E-state index in [4.69, 9.17) is 4.74 Å². The summed E-state index contributed by atoms with van der Waals surface area (Å²) in [7, 11) is 1.40. The molecule has 4 nitrogen and oxygen atoms in total. The Morgan fingerprint density at radius 3 is 2.94 bits per heavy atom. The minimum absolute atomic E-state index is 0.122. The SMILES string of the molecule is COc1ccc(CC(=O)n2ccnc2)cc1F. The van der Waals surface area contributed by atoms with Gasteiger partial charge in [-0.2, -0.15) is 0 Å². The van der Waals surface area contributed by atoms with Crippen molar-refractivity contribution >= 4 is 5.91 Å². The third-order valence-corrected chi connectivity index (χ3v) is 2.36. The van der Waals surface area contributed by atoms with Gasteiger partial charge in [-0.25, -0.2) is 9.37 Å². The molecule has 0 aliphatic rings. The van der Waals surface area contributed by atoms with Gasteiger partial charge in [-0.15, -0.1) is 0 Å². The van der Waals surface area contributed by atoms with Crippen molar-refractivity contribution in [2.75, 3.05) is 7.11 Å². The van der Waals surface area contributed by atoms with Crippen molar-refractivity contribution < 1.29 is 13.9 Å². The Morgan fingerprint density at radius 2 is 2.35 bits per heavy atom. The number of nitrogens with zero attached hydrogens (tertiary/aromatic N) is 2. The standard InChI is InChI=1S/C12H11FN2O2/c1-17-11-3-2-9(6-10(11)13)7-12(16)15-5-4-14-8-15/h2-6,8H,7H2,1H3. The molecule has 0 bridgehead atoms. The van der Waals surface area contributed by atoms with Crippen LogP contribution in [-0.4, -0.2) is 22.6 Å². The molecule has 0 spiro atoms. The number of halogens is 1. The first kappa shape index (κ1) is 11.3. The van der Waals surface area contributed by atoms with Crippen LogP contribution < -0.4 is 4.74 Å². The van der Waals surface area contributed by atoms with Crippen LogP contribution in [0.25, 0.3) is 0 Å². The van der Waals surface area contributed by atoms with E-state index in [-0.39, 0.29) is 18.1 Å². The fraction of sp³-hybridized carbons (Fsp3) is 0.167. The van der Waals surface area contributed by atoms with Crippen molar-refractivity contribution in [1.82, 2.24) is 9.55 Å². The van der Waals surface area contributed by atoms with E-state index in [2.05, 4.69) is 4.98 Å². The number of carbonyl (C=O) groups is 1. The average molecular weight is 234 g/mol. The van der Waals surface area contributed by atoms with Gasteiger partial charge in [-0.05, 0) is 17.7 Å². The molecule has 0 unspecified atom stereocenters. The first-order valence-electron chi connectivity index (χ1n) is 5.04. The highest BCUT2D eigenvalue weighted by Crippen LogP contribution is 2.18. The van der Waals surface area contributed by atoms with Crippen LogP contribution in [0, 0.1) is 5.82 Å². The maximum absolute atomic E-state index is 13.4. The largest absolute Gasteiger partial charge is 0.494 e. The lowest BCUT2D eigenvalue weighted by atomic mass is 10.1. The zero-order valence-corrected chi connectivity index (χ0v) is 9.26. The summed E-state index contributed by atoms with van der Waals surface area (Å²) in [4.78, 5) is 15.5. The highest BCUT2D eigenvalue weighted by atomic mass is 19.1. The van der Waals surface area contributed by atoms with Gasteiger partial charge in [0.1, 0.15) is 6.33 Å². The predicted molar refractivity (Wildman–Crippen MR) is 59.5 cm³/mol. The Morgan fingerprint density at radius 1 is 1.53 bits per heavy atom. The van der Waals surface area contributed by atoms with E-state index in [1.807, 2.05) is 0 Å². The van der Waals surface area contributed by atoms with Crippen LogP contribution in [0.15, 0.2) is 36.9 Å². The number of carbonyl (C=O) groups excluding carboxylic acids is 1. The summed E-state index contributed by atoms with van der Waals surface area (Å²) in [6.07, 6.45) is 4.62. The predicted octanol–water partition coefficient (Wildman–Crippen LogP) is 1.91. The van der Waals surface area contributed by atoms with Crippen molar-refractivity contribution in [3.05, 3.63) is 48.3 Å². The molecule has 0 aliphatic heterocycles. The molecule has 2 rings (SSSR count). The van der Waals surface area contributed by atoms with Gasteiger partial charge in [0.05, 0.1) is 13.5 Å². The molecule has 2 aromatic rings. The van der Waals surface area contributed by atoms with E-state index in [0.717, 1.165) is 0 Å². The number of rotatable bonds is 3. The van der Waals surface area contributed by atoms with Gasteiger partial charge in [0, 0.05) is 12.4 Å². The maximum atomic E-state index is 13.4. The van der Waals surface area contributed by atoms with E-state index >= 15 is 0 Å². The minimum Gasteiger partial charge on any atom is -0.494 e. The number of methoxy groups -OCH3 is 1. The Bertz CT molecular complexity index is 523. The molecule has 5 heteroatoms. The Labute approximate surface area is 97.7 Å². The molecule has 1 aromatic carbocycles. The second kappa shape index (κ2) is 4.78. The molecule has 1 aromatic heterocycles. The molecule has 1 heterocycles. The highest BCUT2D eigenvalue weighted by molar-refractivity contribution is 5.81. The van der Waals surface area contributed by atoms with Crippen molar-refractivity contribution in [2.24, 2.45) is 0 Å². The van der Waals surface area contributed by atoms with Crippen LogP contribution in [0.4, 0.5) is 4.39 Å². The molecule has 0 saturated carbocycles. The molecule has 0 aliphatic carbocycles. The molecule has 0 fully saturated rings. The number of aromatic nitrogens is 2. The summed E-state index contributed by atoms with van der Waals surface area (Å²) < 4.78 is 19.6. The molecule has 0 amide bonds. The van der Waals surface area contributed by atoms with Crippen LogP contribution in [0.5, 0.6) is 5.75 Å². The number of hydrogen-bond donors (Lipinski definition) is 0. The molecular weight excluding hydrogens is 223 g/mol. The van der Waals surface area contributed by atoms with Crippen LogP contribution in [0.3, 0.4) is 0 Å². The van der Waals surface area contributed by atoms with Crippen LogP contribution in [-0.2, 0) is 6.42 Å². The fourth-order valence-corrected chi connectivity index (χ4v) is 1.49. The van der Waals surface area contributed by atoms with E-state index in [1.165, 1.54) is 36.3 Å². The van der Waals surface area contributed by atoms with Gasteiger partial charge in [-0.1, -0.05) is 6.07 Å². The van der Waals surface area contributed by atoms with E-state index < -0.39 is 5.82 Å².